The first kappa shape index (κ1) is 79.0. The second kappa shape index (κ2) is 36.3. The smallest absolute Gasteiger partial charge is 0.164 e. The predicted octanol–water partition coefficient (Wildman–Crippen LogP) is 29.1. The van der Waals surface area contributed by atoms with Gasteiger partial charge in [-0.2, -0.15) is 0 Å². The van der Waals surface area contributed by atoms with Crippen molar-refractivity contribution in [3.8, 4) is 180 Å². The van der Waals surface area contributed by atoms with Gasteiger partial charge >= 0.3 is 0 Å². The molecule has 0 fully saturated rings. The van der Waals surface area contributed by atoms with Crippen LogP contribution in [0.1, 0.15) is 0 Å². The average Bonchev–Trinajstić information content (AvgIpc) is 0.803. The largest absolute Gasteiger partial charge is 0.208 e. The van der Waals surface area contributed by atoms with E-state index in [0.29, 0.717) is 58.0 Å². The number of hydrogen-bond acceptors (Lipinski definition) is 9. The summed E-state index contributed by atoms with van der Waals surface area (Å²) in [5.41, 5.74) is 23.2. The highest BCUT2D eigenvalue weighted by atomic mass is 19.1. The first-order chi connectivity index (χ1) is 62.0. The Balaban J connectivity index is 0.000000124. The first-order valence-electron chi connectivity index (χ1n) is 41.2. The van der Waals surface area contributed by atoms with E-state index in [-0.39, 0.29) is 23.3 Å². The molecule has 0 aliphatic rings. The molecule has 21 rings (SSSR count). The quantitative estimate of drug-likeness (QED) is 0.0872. The molecule has 0 radical (unpaired) electrons. The molecule has 0 saturated carbocycles. The summed E-state index contributed by atoms with van der Waals surface area (Å²) in [6.07, 6.45) is 0. The summed E-state index contributed by atoms with van der Waals surface area (Å²) >= 11 is 0. The first-order valence-corrected chi connectivity index (χ1v) is 41.2. The van der Waals surface area contributed by atoms with Gasteiger partial charge in [-0.15, -0.1) is 0 Å². The van der Waals surface area contributed by atoms with Gasteiger partial charge in [-0.25, -0.2) is 62.4 Å². The predicted molar refractivity (Wildman–Crippen MR) is 501 cm³/mol. The van der Waals surface area contributed by atoms with E-state index in [1.807, 2.05) is 158 Å². The molecule has 598 valence electrons. The zero-order valence-corrected chi connectivity index (χ0v) is 67.7. The molecule has 21 aromatic rings. The summed E-state index contributed by atoms with van der Waals surface area (Å²) < 4.78 is 54.0. The fourth-order valence-electron chi connectivity index (χ4n) is 15.1. The van der Waals surface area contributed by atoms with Crippen LogP contribution in [0.3, 0.4) is 0 Å². The minimum Gasteiger partial charge on any atom is -0.208 e. The van der Waals surface area contributed by atoms with Gasteiger partial charge in [0.2, 0.25) is 0 Å². The van der Waals surface area contributed by atoms with Crippen LogP contribution in [0.25, 0.3) is 202 Å². The molecule has 0 saturated heterocycles. The van der Waals surface area contributed by atoms with E-state index in [9.17, 15) is 17.6 Å². The third-order valence-electron chi connectivity index (χ3n) is 21.9. The number of halogens is 4. The Morgan fingerprint density at radius 2 is 0.230 bits per heavy atom. The minimum absolute atomic E-state index is 0.246. The molecule has 0 N–H and O–H groups in total. The lowest BCUT2D eigenvalue weighted by molar-refractivity contribution is 0.627. The summed E-state index contributed by atoms with van der Waals surface area (Å²) in [5, 5.41) is 4.86. The van der Waals surface area contributed by atoms with Crippen LogP contribution in [0, 0.1) is 23.3 Å². The third-order valence-corrected chi connectivity index (χ3v) is 21.9. The van der Waals surface area contributed by atoms with E-state index < -0.39 is 0 Å². The van der Waals surface area contributed by atoms with E-state index in [1.54, 1.807) is 48.5 Å². The molecule has 18 aromatic carbocycles. The lowest BCUT2D eigenvalue weighted by Crippen LogP contribution is -2.00. The maximum atomic E-state index is 13.7. The van der Waals surface area contributed by atoms with Gasteiger partial charge in [0.1, 0.15) is 23.3 Å². The molecule has 9 nitrogen and oxygen atoms in total. The van der Waals surface area contributed by atoms with Gasteiger partial charge in [-0.1, -0.05) is 340 Å². The van der Waals surface area contributed by atoms with E-state index in [1.165, 1.54) is 103 Å². The molecule has 0 amide bonds. The van der Waals surface area contributed by atoms with Crippen molar-refractivity contribution in [1.82, 2.24) is 44.9 Å². The molecule has 13 heteroatoms. The van der Waals surface area contributed by atoms with E-state index in [4.69, 9.17) is 39.9 Å². The van der Waals surface area contributed by atoms with Crippen molar-refractivity contribution < 1.29 is 17.6 Å². The van der Waals surface area contributed by atoms with E-state index in [2.05, 4.69) is 193 Å². The molecule has 3 heterocycles. The number of hydrogen-bond donors (Lipinski definition) is 0. The van der Waals surface area contributed by atoms with Crippen LogP contribution < -0.4 is 0 Å². The Morgan fingerprint density at radius 1 is 0.103 bits per heavy atom. The summed E-state index contributed by atoms with van der Waals surface area (Å²) in [5.74, 6) is 3.68. The van der Waals surface area contributed by atoms with Gasteiger partial charge in [0.15, 0.2) is 52.4 Å². The molecule has 126 heavy (non-hydrogen) atoms. The van der Waals surface area contributed by atoms with Crippen molar-refractivity contribution in [1.29, 1.82) is 0 Å². The minimum atomic E-state index is -0.312. The molecule has 0 spiro atoms. The normalized spacial score (nSPS) is 11.0. The van der Waals surface area contributed by atoms with Crippen LogP contribution in [0.4, 0.5) is 17.6 Å². The van der Waals surface area contributed by atoms with Crippen LogP contribution in [0.15, 0.2) is 443 Å². The molecular weight excluding hydrogens is 1560 g/mol. The summed E-state index contributed by atoms with van der Waals surface area (Å²) in [4.78, 5) is 42.7. The maximum absolute atomic E-state index is 13.7. The van der Waals surface area contributed by atoms with Crippen molar-refractivity contribution in [2.24, 2.45) is 0 Å². The van der Waals surface area contributed by atoms with E-state index in [0.717, 1.165) is 89.0 Å². The van der Waals surface area contributed by atoms with Crippen molar-refractivity contribution in [2.75, 3.05) is 0 Å². The molecule has 0 aliphatic carbocycles. The van der Waals surface area contributed by atoms with Gasteiger partial charge in [0.05, 0.1) is 0 Å². The number of rotatable bonds is 16. The second-order valence-corrected chi connectivity index (χ2v) is 30.2. The summed E-state index contributed by atoms with van der Waals surface area (Å²) in [6.45, 7) is 0. The Hall–Kier alpha value is -16.8. The van der Waals surface area contributed by atoms with Crippen LogP contribution in [-0.2, 0) is 0 Å². The van der Waals surface area contributed by atoms with Crippen LogP contribution in [-0.4, -0.2) is 44.9 Å². The summed E-state index contributed by atoms with van der Waals surface area (Å²) in [6, 6.07) is 143. The Kier molecular flexibility index (Phi) is 22.8. The highest BCUT2D eigenvalue weighted by molar-refractivity contribution is 5.92. The van der Waals surface area contributed by atoms with Crippen molar-refractivity contribution in [3.05, 3.63) is 466 Å². The van der Waals surface area contributed by atoms with Crippen LogP contribution in [0.2, 0.25) is 0 Å². The number of fused-ring (bicyclic) bond motifs is 2. The summed E-state index contributed by atoms with van der Waals surface area (Å²) in [7, 11) is 0. The Bertz CT molecular complexity index is 7370. The topological polar surface area (TPSA) is 116 Å². The second-order valence-electron chi connectivity index (χ2n) is 30.2. The van der Waals surface area contributed by atoms with Crippen LogP contribution >= 0.6 is 0 Å². The zero-order valence-electron chi connectivity index (χ0n) is 67.7. The molecule has 0 unspecified atom stereocenters. The third kappa shape index (κ3) is 18.3. The molecule has 0 bridgehead atoms. The van der Waals surface area contributed by atoms with E-state index >= 15 is 0 Å². The highest BCUT2D eigenvalue weighted by Gasteiger charge is 2.19. The van der Waals surface area contributed by atoms with Gasteiger partial charge in [0.25, 0.3) is 0 Å². The lowest BCUT2D eigenvalue weighted by atomic mass is 9.96. The monoisotopic (exact) mass is 1630 g/mol. The van der Waals surface area contributed by atoms with Gasteiger partial charge in [0, 0.05) is 50.1 Å². The van der Waals surface area contributed by atoms with Crippen LogP contribution in [0.5, 0.6) is 0 Å². The van der Waals surface area contributed by atoms with Crippen molar-refractivity contribution >= 4 is 21.5 Å². The molecule has 0 atom stereocenters. The Labute approximate surface area is 725 Å². The fourth-order valence-corrected chi connectivity index (χ4v) is 15.1. The van der Waals surface area contributed by atoms with Gasteiger partial charge in [-0.05, 0) is 203 Å². The number of nitrogens with zero attached hydrogens (tertiary/aromatic N) is 9. The zero-order chi connectivity index (χ0) is 85.1. The highest BCUT2D eigenvalue weighted by Crippen LogP contribution is 2.37. The molecule has 3 aromatic heterocycles. The average molecular weight is 1630 g/mol. The van der Waals surface area contributed by atoms with Crippen molar-refractivity contribution in [2.45, 2.75) is 0 Å². The molecular formula is C113H73F4N9. The fraction of sp³-hybridized carbons (Fsp3) is 0. The standard InChI is InChI=1S/C43H28FN3.C37H24FN3.C33H21F2N3/c44-40-25-23-35(24-26-40)43-46-41(33-9-5-2-6-10-33)45-42(47-43)34-17-15-32(16-18-34)37-20-22-38-27-36(19-21-39(38)28-37)31-13-11-30(12-14-31)29-7-3-1-4-8-29;38-34-22-20-31(21-23-34)37-40-35(29-7-2-1-3-8-29)39-36(41-37)30-17-14-27(15-18-30)26-10-12-28(13-11-26)33-19-16-25-6-4-5-9-32(25)24-33;34-29-18-14-25(15-19-29)23-8-6-22(7-9-23)24-10-12-27(13-11-24)32-36-31(26-4-2-1-3-5-26)37-33(38-32)28-16-20-30(35)21-17-28/h1-28H;1-24H;1-21H. The lowest BCUT2D eigenvalue weighted by Gasteiger charge is -2.10. The number of benzene rings is 18. The number of aromatic nitrogens is 9. The maximum Gasteiger partial charge on any atom is 0.164 e. The molecule has 0 aliphatic heterocycles. The Morgan fingerprint density at radius 3 is 0.452 bits per heavy atom. The van der Waals surface area contributed by atoms with Crippen molar-refractivity contribution in [3.63, 3.8) is 0 Å². The van der Waals surface area contributed by atoms with Gasteiger partial charge in [-0.3, -0.25) is 0 Å². The SMILES string of the molecule is Fc1ccc(-c2ccc(-c3ccc(-c4nc(-c5ccccc5)nc(-c5ccc(F)cc5)n4)cc3)cc2)cc1.Fc1ccc(-c2nc(-c3ccccc3)nc(-c3ccc(-c4ccc(-c5ccc6ccccc6c5)cc4)cc3)n2)cc1.Fc1ccc(-c2nc(-c3ccccc3)nc(-c3ccc(-c4ccc5cc(-c6ccc(-c7ccccc7)cc6)ccc5c4)cc3)n2)cc1. The van der Waals surface area contributed by atoms with Gasteiger partial charge < -0.3 is 0 Å².